The van der Waals surface area contributed by atoms with Gasteiger partial charge in [-0.15, -0.1) is 11.3 Å². The standard InChI is InChI=1S/C19H18N4O2S/c1-13-11-26-18-16(13)17(24)22(8-7-14-5-3-2-4-6-14)19(25)23(18)10-15-9-20-12-21-15/h2-6,9,11-12H,7-8,10H2,1H3,(H,20,21). The Hall–Kier alpha value is -2.93. The van der Waals surface area contributed by atoms with Crippen molar-refractivity contribution in [3.8, 4) is 0 Å². The minimum Gasteiger partial charge on any atom is -0.347 e. The highest BCUT2D eigenvalue weighted by molar-refractivity contribution is 7.17. The van der Waals surface area contributed by atoms with Crippen LogP contribution in [0.25, 0.3) is 10.2 Å². The normalized spacial score (nSPS) is 11.3. The molecule has 1 aromatic carbocycles. The van der Waals surface area contributed by atoms with Gasteiger partial charge in [-0.05, 0) is 29.9 Å². The summed E-state index contributed by atoms with van der Waals surface area (Å²) in [5.74, 6) is 0. The van der Waals surface area contributed by atoms with Crippen molar-refractivity contribution in [1.29, 1.82) is 0 Å². The lowest BCUT2D eigenvalue weighted by Crippen LogP contribution is -2.40. The lowest BCUT2D eigenvalue weighted by Gasteiger charge is -2.12. The summed E-state index contributed by atoms with van der Waals surface area (Å²) in [5.41, 5.74) is 2.34. The maximum absolute atomic E-state index is 13.1. The summed E-state index contributed by atoms with van der Waals surface area (Å²) in [4.78, 5) is 33.7. The van der Waals surface area contributed by atoms with E-state index in [0.29, 0.717) is 29.7 Å². The Morgan fingerprint density at radius 3 is 2.69 bits per heavy atom. The van der Waals surface area contributed by atoms with Gasteiger partial charge >= 0.3 is 5.69 Å². The van der Waals surface area contributed by atoms with Crippen molar-refractivity contribution < 1.29 is 0 Å². The van der Waals surface area contributed by atoms with E-state index in [4.69, 9.17) is 0 Å². The summed E-state index contributed by atoms with van der Waals surface area (Å²) in [6, 6.07) is 9.88. The van der Waals surface area contributed by atoms with Crippen LogP contribution in [0, 0.1) is 6.92 Å². The lowest BCUT2D eigenvalue weighted by molar-refractivity contribution is 0.589. The molecule has 0 aliphatic rings. The average molecular weight is 366 g/mol. The van der Waals surface area contributed by atoms with Crippen LogP contribution in [0.3, 0.4) is 0 Å². The predicted molar refractivity (Wildman–Crippen MR) is 103 cm³/mol. The second kappa shape index (κ2) is 6.76. The van der Waals surface area contributed by atoms with E-state index in [1.807, 2.05) is 42.6 Å². The summed E-state index contributed by atoms with van der Waals surface area (Å²) >= 11 is 1.43. The molecular weight excluding hydrogens is 348 g/mol. The first-order valence-corrected chi connectivity index (χ1v) is 9.25. The second-order valence-electron chi connectivity index (χ2n) is 6.24. The van der Waals surface area contributed by atoms with Gasteiger partial charge in [-0.25, -0.2) is 9.78 Å². The molecule has 0 fully saturated rings. The topological polar surface area (TPSA) is 72.7 Å². The zero-order valence-electron chi connectivity index (χ0n) is 14.3. The van der Waals surface area contributed by atoms with Gasteiger partial charge in [-0.3, -0.25) is 13.9 Å². The van der Waals surface area contributed by atoms with E-state index in [1.54, 1.807) is 17.1 Å². The van der Waals surface area contributed by atoms with Crippen molar-refractivity contribution in [3.05, 3.63) is 85.9 Å². The molecule has 3 aromatic heterocycles. The molecule has 3 heterocycles. The van der Waals surface area contributed by atoms with Crippen LogP contribution in [0.4, 0.5) is 0 Å². The van der Waals surface area contributed by atoms with Gasteiger partial charge in [0.2, 0.25) is 0 Å². The van der Waals surface area contributed by atoms with E-state index >= 15 is 0 Å². The average Bonchev–Trinajstić information content (AvgIpc) is 3.29. The summed E-state index contributed by atoms with van der Waals surface area (Å²) in [6.07, 6.45) is 3.91. The highest BCUT2D eigenvalue weighted by atomic mass is 32.1. The fourth-order valence-electron chi connectivity index (χ4n) is 3.11. The number of rotatable bonds is 5. The number of aromatic amines is 1. The minimum atomic E-state index is -0.283. The zero-order valence-corrected chi connectivity index (χ0v) is 15.1. The third-order valence-electron chi connectivity index (χ3n) is 4.47. The molecule has 0 amide bonds. The number of aryl methyl sites for hydroxylation is 2. The van der Waals surface area contributed by atoms with E-state index in [1.165, 1.54) is 15.9 Å². The van der Waals surface area contributed by atoms with Gasteiger partial charge in [0.25, 0.3) is 5.56 Å². The van der Waals surface area contributed by atoms with Gasteiger partial charge in [0.05, 0.1) is 24.0 Å². The highest BCUT2D eigenvalue weighted by Gasteiger charge is 2.17. The molecule has 0 unspecified atom stereocenters. The van der Waals surface area contributed by atoms with Crippen molar-refractivity contribution in [3.63, 3.8) is 0 Å². The van der Waals surface area contributed by atoms with Gasteiger partial charge in [-0.2, -0.15) is 0 Å². The maximum Gasteiger partial charge on any atom is 0.332 e. The summed E-state index contributed by atoms with van der Waals surface area (Å²) in [6.45, 7) is 2.63. The van der Waals surface area contributed by atoms with Gasteiger partial charge in [0, 0.05) is 12.7 Å². The fraction of sp³-hybridized carbons (Fsp3) is 0.211. The van der Waals surface area contributed by atoms with Crippen molar-refractivity contribution in [2.45, 2.75) is 26.4 Å². The largest absolute Gasteiger partial charge is 0.347 e. The molecule has 0 atom stereocenters. The van der Waals surface area contributed by atoms with E-state index < -0.39 is 0 Å². The van der Waals surface area contributed by atoms with Crippen LogP contribution < -0.4 is 11.2 Å². The third kappa shape index (κ3) is 2.90. The predicted octanol–water partition coefficient (Wildman–Crippen LogP) is 2.55. The zero-order chi connectivity index (χ0) is 18.1. The molecule has 4 rings (SSSR count). The SMILES string of the molecule is Cc1csc2c1c(=O)n(CCc1ccccc1)c(=O)n2Cc1cnc[nH]1. The van der Waals surface area contributed by atoms with E-state index in [-0.39, 0.29) is 11.2 Å². The van der Waals surface area contributed by atoms with Gasteiger partial charge in [-0.1, -0.05) is 30.3 Å². The first kappa shape index (κ1) is 16.5. The van der Waals surface area contributed by atoms with Gasteiger partial charge < -0.3 is 4.98 Å². The Labute approximate surface area is 153 Å². The quantitative estimate of drug-likeness (QED) is 0.590. The molecule has 4 aromatic rings. The van der Waals surface area contributed by atoms with Crippen molar-refractivity contribution in [2.24, 2.45) is 0 Å². The molecule has 1 N–H and O–H groups in total. The molecule has 0 aliphatic carbocycles. The number of fused-ring (bicyclic) bond motifs is 1. The van der Waals surface area contributed by atoms with Crippen molar-refractivity contribution >= 4 is 21.6 Å². The number of benzene rings is 1. The molecule has 0 saturated heterocycles. The molecule has 6 nitrogen and oxygen atoms in total. The Kier molecular flexibility index (Phi) is 4.30. The first-order chi connectivity index (χ1) is 12.6. The van der Waals surface area contributed by atoms with Crippen LogP contribution in [0.2, 0.25) is 0 Å². The third-order valence-corrected chi connectivity index (χ3v) is 5.59. The molecule has 7 heteroatoms. The Bertz CT molecular complexity index is 1150. The molecular formula is C19H18N4O2S. The van der Waals surface area contributed by atoms with E-state index in [9.17, 15) is 9.59 Å². The van der Waals surface area contributed by atoms with Crippen molar-refractivity contribution in [1.82, 2.24) is 19.1 Å². The fourth-order valence-corrected chi connectivity index (χ4v) is 4.15. The molecule has 0 radical (unpaired) electrons. The maximum atomic E-state index is 13.1. The van der Waals surface area contributed by atoms with Crippen LogP contribution >= 0.6 is 11.3 Å². The van der Waals surface area contributed by atoms with Crippen LogP contribution in [0.5, 0.6) is 0 Å². The molecule has 132 valence electrons. The van der Waals surface area contributed by atoms with Crippen LogP contribution in [0.15, 0.2) is 57.8 Å². The molecule has 0 bridgehead atoms. The van der Waals surface area contributed by atoms with Gasteiger partial charge in [0.15, 0.2) is 0 Å². The molecule has 0 aliphatic heterocycles. The van der Waals surface area contributed by atoms with Crippen LogP contribution in [-0.2, 0) is 19.5 Å². The smallest absolute Gasteiger partial charge is 0.332 e. The van der Waals surface area contributed by atoms with Crippen LogP contribution in [0.1, 0.15) is 16.8 Å². The number of aromatic nitrogens is 4. The van der Waals surface area contributed by atoms with E-state index in [0.717, 1.165) is 16.8 Å². The highest BCUT2D eigenvalue weighted by Crippen LogP contribution is 2.21. The number of thiophene rings is 1. The van der Waals surface area contributed by atoms with Crippen LogP contribution in [-0.4, -0.2) is 19.1 Å². The first-order valence-electron chi connectivity index (χ1n) is 8.38. The summed E-state index contributed by atoms with van der Waals surface area (Å²) in [5, 5.41) is 2.55. The molecule has 0 spiro atoms. The Morgan fingerprint density at radius 1 is 1.15 bits per heavy atom. The monoisotopic (exact) mass is 366 g/mol. The van der Waals surface area contributed by atoms with Crippen molar-refractivity contribution in [2.75, 3.05) is 0 Å². The number of hydrogen-bond donors (Lipinski definition) is 1. The van der Waals surface area contributed by atoms with E-state index in [2.05, 4.69) is 9.97 Å². The lowest BCUT2D eigenvalue weighted by atomic mass is 10.1. The van der Waals surface area contributed by atoms with Gasteiger partial charge in [0.1, 0.15) is 4.83 Å². The number of H-pyrrole nitrogens is 1. The number of nitrogens with one attached hydrogen (secondary N) is 1. The Morgan fingerprint density at radius 2 is 1.96 bits per heavy atom. The second-order valence-corrected chi connectivity index (χ2v) is 7.09. The number of nitrogens with zero attached hydrogens (tertiary/aromatic N) is 3. The minimum absolute atomic E-state index is 0.208. The summed E-state index contributed by atoms with van der Waals surface area (Å²) < 4.78 is 3.01. The molecule has 0 saturated carbocycles. The number of hydrogen-bond acceptors (Lipinski definition) is 4. The Balaban J connectivity index is 1.82. The summed E-state index contributed by atoms with van der Waals surface area (Å²) in [7, 11) is 0. The molecule has 26 heavy (non-hydrogen) atoms. The number of imidazole rings is 1.